The molecule has 53 heavy (non-hydrogen) atoms. The molecule has 8 aromatic rings. The van der Waals surface area contributed by atoms with E-state index in [9.17, 15) is 35.1 Å². The Morgan fingerprint density at radius 3 is 1.38 bits per heavy atom. The van der Waals surface area contributed by atoms with Crippen LogP contribution in [0.4, 0.5) is 35.1 Å². The van der Waals surface area contributed by atoms with Gasteiger partial charge in [-0.15, -0.1) is 0 Å². The fourth-order valence-corrected chi connectivity index (χ4v) is 6.33. The Morgan fingerprint density at radius 1 is 0.415 bits per heavy atom. The number of hydrogen-bond donors (Lipinski definition) is 0. The molecule has 0 spiro atoms. The first kappa shape index (κ1) is 33.7. The lowest BCUT2D eigenvalue weighted by Gasteiger charge is -2.17. The third kappa shape index (κ3) is 6.26. The second-order valence-electron chi connectivity index (χ2n) is 12.2. The molecule has 0 atom stereocenters. The predicted octanol–water partition coefficient (Wildman–Crippen LogP) is 12.0. The summed E-state index contributed by atoms with van der Waals surface area (Å²) >= 11 is 0. The van der Waals surface area contributed by atoms with Gasteiger partial charge in [-0.25, -0.2) is 23.7 Å². The zero-order valence-corrected chi connectivity index (χ0v) is 27.0. The van der Waals surface area contributed by atoms with Crippen LogP contribution < -0.4 is 0 Å². The Balaban J connectivity index is 1.50. The van der Waals surface area contributed by atoms with E-state index in [4.69, 9.17) is 15.0 Å². The minimum absolute atomic E-state index is 0.0195. The molecule has 0 aliphatic carbocycles. The Hall–Kier alpha value is -6.43. The first-order valence-electron chi connectivity index (χ1n) is 16.0. The topological polar surface area (TPSA) is 43.6 Å². The van der Waals surface area contributed by atoms with Crippen LogP contribution in [0.5, 0.6) is 0 Å². The molecule has 0 amide bonds. The molecule has 0 saturated carbocycles. The molecule has 0 N–H and O–H groups in total. The number of nitrogens with zero attached hydrogens (tertiary/aromatic N) is 4. The lowest BCUT2D eigenvalue weighted by Crippen LogP contribution is -2.07. The smallest absolute Gasteiger partial charge is 0.308 e. The van der Waals surface area contributed by atoms with Crippen LogP contribution in [0.2, 0.25) is 0 Å². The summed E-state index contributed by atoms with van der Waals surface area (Å²) in [5.74, 6) is -1.70. The molecule has 0 bridgehead atoms. The Kier molecular flexibility index (Phi) is 8.05. The van der Waals surface area contributed by atoms with Crippen molar-refractivity contribution in [2.75, 3.05) is 0 Å². The summed E-state index contributed by atoms with van der Waals surface area (Å²) < 4.78 is 115. The van der Waals surface area contributed by atoms with Gasteiger partial charge in [0.25, 0.3) is 0 Å². The summed E-state index contributed by atoms with van der Waals surface area (Å²) in [6.45, 7) is 0. The number of halogens is 8. The van der Waals surface area contributed by atoms with Gasteiger partial charge in [-0.2, -0.15) is 26.3 Å². The minimum atomic E-state index is -4.77. The van der Waals surface area contributed by atoms with Crippen molar-refractivity contribution < 1.29 is 35.1 Å². The number of fused-ring (bicyclic) bond motifs is 3. The van der Waals surface area contributed by atoms with Gasteiger partial charge in [0, 0.05) is 27.5 Å². The van der Waals surface area contributed by atoms with Crippen molar-refractivity contribution in [3.63, 3.8) is 0 Å². The van der Waals surface area contributed by atoms with Crippen molar-refractivity contribution in [3.05, 3.63) is 156 Å². The zero-order chi connectivity index (χ0) is 37.1. The molecule has 12 heteroatoms. The summed E-state index contributed by atoms with van der Waals surface area (Å²) in [7, 11) is 0. The highest BCUT2D eigenvalue weighted by Crippen LogP contribution is 2.42. The molecule has 0 saturated heterocycles. The fraction of sp³-hybridized carbons (Fsp3) is 0.0488. The van der Waals surface area contributed by atoms with E-state index in [2.05, 4.69) is 0 Å². The molecule has 0 radical (unpaired) electrons. The summed E-state index contributed by atoms with van der Waals surface area (Å²) in [5.41, 5.74) is 0.00812. The van der Waals surface area contributed by atoms with E-state index in [0.717, 1.165) is 36.4 Å². The number of aromatic nitrogens is 4. The quantitative estimate of drug-likeness (QED) is 0.166. The molecule has 0 unspecified atom stereocenters. The van der Waals surface area contributed by atoms with Gasteiger partial charge >= 0.3 is 12.4 Å². The maximum atomic E-state index is 14.5. The van der Waals surface area contributed by atoms with E-state index in [0.29, 0.717) is 16.7 Å². The molecule has 0 fully saturated rings. The first-order chi connectivity index (χ1) is 25.3. The van der Waals surface area contributed by atoms with Crippen LogP contribution in [-0.4, -0.2) is 19.5 Å². The summed E-state index contributed by atoms with van der Waals surface area (Å²) in [6.07, 6.45) is -9.54. The van der Waals surface area contributed by atoms with Crippen LogP contribution in [0.15, 0.2) is 133 Å². The van der Waals surface area contributed by atoms with Crippen molar-refractivity contribution in [1.29, 1.82) is 0 Å². The van der Waals surface area contributed by atoms with Gasteiger partial charge in [-0.1, -0.05) is 84.9 Å². The predicted molar refractivity (Wildman–Crippen MR) is 186 cm³/mol. The maximum absolute atomic E-state index is 14.5. The number of hydrogen-bond acceptors (Lipinski definition) is 3. The molecule has 0 aliphatic rings. The molecular weight excluding hydrogens is 700 g/mol. The van der Waals surface area contributed by atoms with Crippen molar-refractivity contribution >= 4 is 21.8 Å². The van der Waals surface area contributed by atoms with Crippen LogP contribution in [0, 0.1) is 11.6 Å². The third-order valence-electron chi connectivity index (χ3n) is 8.85. The standard InChI is InChI=1S/C41H22F8N4/c42-32-17-11-26(20-33(32)43)25-12-18-34(31(19-25)39-51-37(23-7-3-1-4-8-23)50-38(52-39)24-9-5-2-6-10-24)53-35-21-27(40(44,45)46)13-15-29(35)30-16-14-28(22-36(30)53)41(47,48)49/h1-22H. The molecule has 0 aliphatic heterocycles. The zero-order valence-electron chi connectivity index (χ0n) is 27.0. The lowest BCUT2D eigenvalue weighted by molar-refractivity contribution is -0.138. The van der Waals surface area contributed by atoms with Gasteiger partial charge in [0.05, 0.1) is 27.8 Å². The second kappa shape index (κ2) is 12.7. The van der Waals surface area contributed by atoms with Gasteiger partial charge in [-0.3, -0.25) is 0 Å². The normalized spacial score (nSPS) is 12.2. The largest absolute Gasteiger partial charge is 0.416 e. The van der Waals surface area contributed by atoms with Gasteiger partial charge in [0.1, 0.15) is 0 Å². The molecule has 8 rings (SSSR count). The molecule has 262 valence electrons. The van der Waals surface area contributed by atoms with Crippen LogP contribution in [0.1, 0.15) is 11.1 Å². The number of rotatable bonds is 5. The summed E-state index contributed by atoms with van der Waals surface area (Å²) in [6, 6.07) is 31.6. The molecule has 4 nitrogen and oxygen atoms in total. The van der Waals surface area contributed by atoms with E-state index in [-0.39, 0.29) is 56.1 Å². The van der Waals surface area contributed by atoms with E-state index < -0.39 is 35.1 Å². The van der Waals surface area contributed by atoms with E-state index in [1.807, 2.05) is 0 Å². The lowest BCUT2D eigenvalue weighted by atomic mass is 10.0. The minimum Gasteiger partial charge on any atom is -0.308 e. The van der Waals surface area contributed by atoms with E-state index in [1.165, 1.54) is 34.9 Å². The maximum Gasteiger partial charge on any atom is 0.416 e. The molecular formula is C41H22F8N4. The van der Waals surface area contributed by atoms with Gasteiger partial charge in [0.15, 0.2) is 29.1 Å². The molecule has 2 aromatic heterocycles. The van der Waals surface area contributed by atoms with Crippen LogP contribution in [0.25, 0.3) is 72.8 Å². The highest BCUT2D eigenvalue weighted by molar-refractivity contribution is 6.10. The molecule has 6 aromatic carbocycles. The van der Waals surface area contributed by atoms with Crippen molar-refractivity contribution in [3.8, 4) is 51.0 Å². The van der Waals surface area contributed by atoms with Gasteiger partial charge in [0.2, 0.25) is 0 Å². The van der Waals surface area contributed by atoms with Crippen LogP contribution in [0.3, 0.4) is 0 Å². The van der Waals surface area contributed by atoms with Gasteiger partial charge < -0.3 is 4.57 Å². The summed E-state index contributed by atoms with van der Waals surface area (Å²) in [5, 5.41) is 0.533. The van der Waals surface area contributed by atoms with Crippen molar-refractivity contribution in [1.82, 2.24) is 19.5 Å². The third-order valence-corrected chi connectivity index (χ3v) is 8.85. The number of alkyl halides is 6. The number of benzene rings is 6. The Bertz CT molecular complexity index is 2540. The average molecular weight is 723 g/mol. The van der Waals surface area contributed by atoms with Crippen molar-refractivity contribution in [2.45, 2.75) is 12.4 Å². The highest BCUT2D eigenvalue weighted by Gasteiger charge is 2.34. The first-order valence-corrected chi connectivity index (χ1v) is 16.0. The van der Waals surface area contributed by atoms with Crippen molar-refractivity contribution in [2.24, 2.45) is 0 Å². The average Bonchev–Trinajstić information content (AvgIpc) is 3.48. The van der Waals surface area contributed by atoms with E-state index in [1.54, 1.807) is 66.7 Å². The highest BCUT2D eigenvalue weighted by atomic mass is 19.4. The van der Waals surface area contributed by atoms with Gasteiger partial charge in [-0.05, 0) is 59.7 Å². The second-order valence-corrected chi connectivity index (χ2v) is 12.2. The Morgan fingerprint density at radius 2 is 0.887 bits per heavy atom. The SMILES string of the molecule is Fc1ccc(-c2ccc(-n3c4cc(C(F)(F)F)ccc4c4ccc(C(F)(F)F)cc43)c(-c3nc(-c4ccccc4)nc(-c4ccccc4)n3)c2)cc1F. The Labute approximate surface area is 295 Å². The van der Waals surface area contributed by atoms with E-state index >= 15 is 0 Å². The molecule has 2 heterocycles. The van der Waals surface area contributed by atoms with Crippen LogP contribution >= 0.6 is 0 Å². The monoisotopic (exact) mass is 722 g/mol. The summed E-state index contributed by atoms with van der Waals surface area (Å²) in [4.78, 5) is 14.3. The fourth-order valence-electron chi connectivity index (χ4n) is 6.33. The van der Waals surface area contributed by atoms with Crippen LogP contribution in [-0.2, 0) is 12.4 Å².